The molecule has 10 nitrogen and oxygen atoms in total. The molecule has 16 heteroatoms. The van der Waals surface area contributed by atoms with Crippen LogP contribution in [0.15, 0.2) is 30.6 Å². The number of hydrogen-bond donors (Lipinski definition) is 2. The fraction of sp³-hybridized carbons (Fsp3) is 0.522. The first-order valence-electron chi connectivity index (χ1n) is 11.5. The van der Waals surface area contributed by atoms with E-state index >= 15 is 0 Å². The standard InChI is InChI=1S/C19H25N5O.2C2HF3O2/c1-14-4-3-5-16(21-14)13-24-18-8-9-23(17(18)6-7-19(24)25)12-15-10-20-22(2)11-15;2*3-2(4,5)1(6)7/h3-5,10-11,17-18H,6-9,12-13H2,1-2H3;2*(H,6,7)/t17-,18-;;/m1../s1. The lowest BCUT2D eigenvalue weighted by molar-refractivity contribution is -0.193. The molecule has 2 aromatic rings. The maximum Gasteiger partial charge on any atom is 0.490 e. The maximum absolute atomic E-state index is 12.6. The molecule has 0 unspecified atom stereocenters. The summed E-state index contributed by atoms with van der Waals surface area (Å²) < 4.78 is 65.3. The number of pyridine rings is 1. The second kappa shape index (κ2) is 12.9. The summed E-state index contributed by atoms with van der Waals surface area (Å²) in [4.78, 5) is 39.5. The van der Waals surface area contributed by atoms with E-state index in [0.717, 1.165) is 37.3 Å². The van der Waals surface area contributed by atoms with Gasteiger partial charge < -0.3 is 15.1 Å². The SMILES string of the molecule is Cc1cccc(CN2C(=O)CC[C@@H]3[C@H]2CCN3Cc2cnn(C)c2)n1.O=C(O)C(F)(F)F.O=C(O)C(F)(F)F. The second-order valence-electron chi connectivity index (χ2n) is 8.85. The molecule has 0 saturated carbocycles. The Kier molecular flexibility index (Phi) is 10.4. The van der Waals surface area contributed by atoms with E-state index in [-0.39, 0.29) is 5.91 Å². The minimum Gasteiger partial charge on any atom is -0.475 e. The number of carbonyl (C=O) groups is 3. The number of amides is 1. The largest absolute Gasteiger partial charge is 0.490 e. The van der Waals surface area contributed by atoms with Crippen molar-refractivity contribution in [1.82, 2.24) is 24.6 Å². The van der Waals surface area contributed by atoms with E-state index in [0.29, 0.717) is 25.0 Å². The van der Waals surface area contributed by atoms with E-state index in [4.69, 9.17) is 19.8 Å². The molecule has 4 heterocycles. The summed E-state index contributed by atoms with van der Waals surface area (Å²) in [5.74, 6) is -5.24. The molecule has 2 saturated heterocycles. The molecule has 2 fully saturated rings. The van der Waals surface area contributed by atoms with Crippen LogP contribution in [0.25, 0.3) is 0 Å². The number of likely N-dealkylation sites (tertiary alicyclic amines) is 2. The number of piperidine rings is 1. The van der Waals surface area contributed by atoms with Crippen LogP contribution in [0.1, 0.15) is 36.2 Å². The lowest BCUT2D eigenvalue weighted by atomic mass is 9.96. The van der Waals surface area contributed by atoms with Crippen molar-refractivity contribution in [1.29, 1.82) is 0 Å². The summed E-state index contributed by atoms with van der Waals surface area (Å²) in [5.41, 5.74) is 3.23. The number of fused-ring (bicyclic) bond motifs is 1. The number of halogens is 6. The molecule has 2 aliphatic heterocycles. The average molecular weight is 567 g/mol. The van der Waals surface area contributed by atoms with Crippen molar-refractivity contribution in [2.24, 2.45) is 7.05 Å². The highest BCUT2D eigenvalue weighted by atomic mass is 19.4. The minimum absolute atomic E-state index is 0.271. The molecule has 216 valence electrons. The number of aromatic nitrogens is 3. The third-order valence-electron chi connectivity index (χ3n) is 5.91. The van der Waals surface area contributed by atoms with Crippen LogP contribution in [0.4, 0.5) is 26.3 Å². The van der Waals surface area contributed by atoms with E-state index in [9.17, 15) is 31.1 Å². The van der Waals surface area contributed by atoms with Gasteiger partial charge in [-0.2, -0.15) is 31.4 Å². The zero-order chi connectivity index (χ0) is 29.5. The van der Waals surface area contributed by atoms with Gasteiger partial charge in [0.25, 0.3) is 0 Å². The van der Waals surface area contributed by atoms with Crippen LogP contribution in [0, 0.1) is 6.92 Å². The number of carboxylic acids is 2. The Morgan fingerprint density at radius 3 is 2.08 bits per heavy atom. The van der Waals surface area contributed by atoms with Gasteiger partial charge in [-0.1, -0.05) is 6.07 Å². The predicted molar refractivity (Wildman–Crippen MR) is 122 cm³/mol. The molecular formula is C23H27F6N5O5. The van der Waals surface area contributed by atoms with Crippen LogP contribution < -0.4 is 0 Å². The quantitative estimate of drug-likeness (QED) is 0.540. The van der Waals surface area contributed by atoms with Gasteiger partial charge in [0, 0.05) is 56.1 Å². The summed E-state index contributed by atoms with van der Waals surface area (Å²) in [6.45, 7) is 4.58. The molecule has 39 heavy (non-hydrogen) atoms. The lowest BCUT2D eigenvalue weighted by Crippen LogP contribution is -2.51. The van der Waals surface area contributed by atoms with Crippen molar-refractivity contribution in [2.45, 2.75) is 63.7 Å². The Morgan fingerprint density at radius 1 is 1.00 bits per heavy atom. The van der Waals surface area contributed by atoms with Gasteiger partial charge in [0.15, 0.2) is 0 Å². The molecular weight excluding hydrogens is 540 g/mol. The molecule has 2 aliphatic rings. The summed E-state index contributed by atoms with van der Waals surface area (Å²) in [6, 6.07) is 6.79. The van der Waals surface area contributed by atoms with Gasteiger partial charge in [-0.15, -0.1) is 0 Å². The highest BCUT2D eigenvalue weighted by Crippen LogP contribution is 2.33. The van der Waals surface area contributed by atoms with E-state index in [1.54, 1.807) is 0 Å². The Morgan fingerprint density at radius 2 is 1.59 bits per heavy atom. The third kappa shape index (κ3) is 9.53. The number of alkyl halides is 6. The van der Waals surface area contributed by atoms with Crippen molar-refractivity contribution >= 4 is 17.8 Å². The van der Waals surface area contributed by atoms with E-state index < -0.39 is 24.3 Å². The average Bonchev–Trinajstić information content (AvgIpc) is 3.41. The molecule has 0 bridgehead atoms. The lowest BCUT2D eigenvalue weighted by Gasteiger charge is -2.39. The Balaban J connectivity index is 0.000000317. The number of rotatable bonds is 4. The Hall–Kier alpha value is -3.69. The van der Waals surface area contributed by atoms with Crippen molar-refractivity contribution < 1.29 is 50.9 Å². The van der Waals surface area contributed by atoms with Crippen LogP contribution in [0.2, 0.25) is 0 Å². The van der Waals surface area contributed by atoms with Crippen LogP contribution in [-0.2, 0) is 34.5 Å². The number of hydrogen-bond acceptors (Lipinski definition) is 6. The first-order valence-corrected chi connectivity index (χ1v) is 11.5. The molecule has 2 N–H and O–H groups in total. The number of carboxylic acid groups (broad SMARTS) is 2. The molecule has 1 amide bonds. The first kappa shape index (κ1) is 31.5. The molecule has 2 aromatic heterocycles. The first-order chi connectivity index (χ1) is 18.0. The van der Waals surface area contributed by atoms with Crippen LogP contribution >= 0.6 is 0 Å². The molecule has 0 aromatic carbocycles. The van der Waals surface area contributed by atoms with Gasteiger partial charge in [-0.3, -0.25) is 19.4 Å². The van der Waals surface area contributed by atoms with Crippen LogP contribution in [-0.4, -0.2) is 83.6 Å². The van der Waals surface area contributed by atoms with Gasteiger partial charge in [0.1, 0.15) is 0 Å². The van der Waals surface area contributed by atoms with E-state index in [2.05, 4.69) is 26.1 Å². The molecule has 0 spiro atoms. The second-order valence-corrected chi connectivity index (χ2v) is 8.85. The van der Waals surface area contributed by atoms with Gasteiger partial charge in [-0.05, 0) is 31.9 Å². The molecule has 0 radical (unpaired) electrons. The summed E-state index contributed by atoms with van der Waals surface area (Å²) in [7, 11) is 1.95. The van der Waals surface area contributed by atoms with Gasteiger partial charge in [0.2, 0.25) is 5.91 Å². The van der Waals surface area contributed by atoms with Gasteiger partial charge in [0.05, 0.1) is 18.4 Å². The van der Waals surface area contributed by atoms with E-state index in [1.165, 1.54) is 5.56 Å². The van der Waals surface area contributed by atoms with Crippen LogP contribution in [0.3, 0.4) is 0 Å². The Bertz CT molecular complexity index is 1130. The predicted octanol–water partition coefficient (Wildman–Crippen LogP) is 3.16. The number of nitrogens with zero attached hydrogens (tertiary/aromatic N) is 5. The Labute approximate surface area is 218 Å². The van der Waals surface area contributed by atoms with Gasteiger partial charge >= 0.3 is 24.3 Å². The van der Waals surface area contributed by atoms with Crippen LogP contribution in [0.5, 0.6) is 0 Å². The zero-order valence-electron chi connectivity index (χ0n) is 20.9. The third-order valence-corrected chi connectivity index (χ3v) is 5.91. The molecule has 4 rings (SSSR count). The summed E-state index contributed by atoms with van der Waals surface area (Å²) in [5, 5.41) is 18.5. The van der Waals surface area contributed by atoms with E-state index in [1.807, 2.05) is 43.0 Å². The fourth-order valence-corrected chi connectivity index (χ4v) is 4.29. The normalized spacial score (nSPS) is 19.4. The number of aryl methyl sites for hydroxylation is 2. The number of carbonyl (C=O) groups excluding carboxylic acids is 1. The maximum atomic E-state index is 12.6. The van der Waals surface area contributed by atoms with Crippen molar-refractivity contribution in [2.75, 3.05) is 6.54 Å². The zero-order valence-corrected chi connectivity index (χ0v) is 20.9. The van der Waals surface area contributed by atoms with Crippen molar-refractivity contribution in [3.05, 3.63) is 47.5 Å². The smallest absolute Gasteiger partial charge is 0.475 e. The highest BCUT2D eigenvalue weighted by Gasteiger charge is 2.43. The number of aliphatic carboxylic acids is 2. The van der Waals surface area contributed by atoms with Gasteiger partial charge in [-0.25, -0.2) is 9.59 Å². The summed E-state index contributed by atoms with van der Waals surface area (Å²) >= 11 is 0. The fourth-order valence-electron chi connectivity index (χ4n) is 4.29. The summed E-state index contributed by atoms with van der Waals surface area (Å²) in [6.07, 6.45) is -3.51. The van der Waals surface area contributed by atoms with Crippen molar-refractivity contribution in [3.8, 4) is 0 Å². The highest BCUT2D eigenvalue weighted by molar-refractivity contribution is 5.77. The molecule has 2 atom stereocenters. The topological polar surface area (TPSA) is 129 Å². The minimum atomic E-state index is -5.08. The molecule has 0 aliphatic carbocycles. The monoisotopic (exact) mass is 567 g/mol. The van der Waals surface area contributed by atoms with Crippen molar-refractivity contribution in [3.63, 3.8) is 0 Å².